The molecular weight excluding hydrogens is 388 g/mol. The topological polar surface area (TPSA) is 43.8 Å². The Morgan fingerprint density at radius 3 is 2.50 bits per heavy atom. The predicted molar refractivity (Wildman–Crippen MR) is 122 cm³/mol. The molecule has 0 bridgehead atoms. The van der Waals surface area contributed by atoms with E-state index < -0.39 is 0 Å². The van der Waals surface area contributed by atoms with E-state index in [1.54, 1.807) is 17.0 Å². The molecule has 1 amide bonds. The highest BCUT2D eigenvalue weighted by atomic mass is 32.2. The number of amides is 1. The summed E-state index contributed by atoms with van der Waals surface area (Å²) in [5.41, 5.74) is 2.76. The van der Waals surface area contributed by atoms with Crippen LogP contribution in [-0.4, -0.2) is 39.9 Å². The molecule has 146 valence electrons. The Kier molecular flexibility index (Phi) is 6.75. The van der Waals surface area contributed by atoms with Gasteiger partial charge in [-0.1, -0.05) is 54.3 Å². The molecule has 1 N–H and O–H groups in total. The number of rotatable bonds is 7. The highest BCUT2D eigenvalue weighted by molar-refractivity contribution is 8.26. The number of anilines is 1. The summed E-state index contributed by atoms with van der Waals surface area (Å²) in [7, 11) is 0. The fraction of sp³-hybridized carbons (Fsp3) is 0.273. The number of phenolic OH excluding ortho intramolecular Hbond substituents is 1. The van der Waals surface area contributed by atoms with Crippen molar-refractivity contribution in [3.63, 3.8) is 0 Å². The molecule has 4 nitrogen and oxygen atoms in total. The Bertz CT molecular complexity index is 893. The zero-order valence-corrected chi connectivity index (χ0v) is 17.7. The summed E-state index contributed by atoms with van der Waals surface area (Å²) >= 11 is 6.69. The van der Waals surface area contributed by atoms with Crippen molar-refractivity contribution in [1.29, 1.82) is 0 Å². The third-order valence-electron chi connectivity index (χ3n) is 4.77. The highest BCUT2D eigenvalue weighted by Gasteiger charge is 2.31. The average Bonchev–Trinajstić information content (AvgIpc) is 2.97. The van der Waals surface area contributed by atoms with E-state index in [0.29, 0.717) is 21.3 Å². The number of hydrogen-bond donors (Lipinski definition) is 1. The first kappa shape index (κ1) is 20.4. The number of benzene rings is 2. The molecule has 0 radical (unpaired) electrons. The van der Waals surface area contributed by atoms with Crippen LogP contribution in [0.3, 0.4) is 0 Å². The van der Waals surface area contributed by atoms with Crippen molar-refractivity contribution in [2.24, 2.45) is 0 Å². The second-order valence-corrected chi connectivity index (χ2v) is 8.16. The van der Waals surface area contributed by atoms with Gasteiger partial charge in [-0.2, -0.15) is 0 Å². The number of nitrogens with zero attached hydrogens (tertiary/aromatic N) is 2. The van der Waals surface area contributed by atoms with Gasteiger partial charge < -0.3 is 10.0 Å². The lowest BCUT2D eigenvalue weighted by Crippen LogP contribution is -2.30. The zero-order chi connectivity index (χ0) is 20.1. The second kappa shape index (κ2) is 9.26. The number of hydrogen-bond acceptors (Lipinski definition) is 5. The molecule has 2 aromatic rings. The summed E-state index contributed by atoms with van der Waals surface area (Å²) in [6, 6.07) is 15.6. The molecule has 1 heterocycles. The average molecular weight is 413 g/mol. The van der Waals surface area contributed by atoms with Gasteiger partial charge in [-0.15, -0.1) is 0 Å². The lowest BCUT2D eigenvalue weighted by Gasteiger charge is -2.21. The Morgan fingerprint density at radius 2 is 1.86 bits per heavy atom. The first-order chi connectivity index (χ1) is 13.5. The van der Waals surface area contributed by atoms with Crippen LogP contribution in [0, 0.1) is 0 Å². The van der Waals surface area contributed by atoms with Gasteiger partial charge >= 0.3 is 0 Å². The molecule has 1 fully saturated rings. The smallest absolute Gasteiger partial charge is 0.266 e. The minimum absolute atomic E-state index is 0.0989. The van der Waals surface area contributed by atoms with E-state index in [1.807, 2.05) is 42.5 Å². The maximum atomic E-state index is 12.8. The standard InChI is InChI=1S/C22H24N2O2S2/c1-3-23(4-2)18-11-10-17(19(25)15-18)14-20-21(26)24(22(27)28-20)13-12-16-8-6-5-7-9-16/h5-11,14-15,25H,3-4,12-13H2,1-2H3/b20-14-. The summed E-state index contributed by atoms with van der Waals surface area (Å²) in [6.45, 7) is 6.45. The van der Waals surface area contributed by atoms with Gasteiger partial charge in [-0.05, 0) is 44.0 Å². The lowest BCUT2D eigenvalue weighted by molar-refractivity contribution is -0.122. The molecule has 3 rings (SSSR count). The van der Waals surface area contributed by atoms with Crippen molar-refractivity contribution in [3.8, 4) is 5.75 Å². The molecule has 1 aliphatic heterocycles. The van der Waals surface area contributed by atoms with E-state index in [-0.39, 0.29) is 11.7 Å². The first-order valence-corrected chi connectivity index (χ1v) is 10.6. The molecule has 0 aliphatic carbocycles. The molecule has 0 aromatic heterocycles. The Hall–Kier alpha value is -2.31. The highest BCUT2D eigenvalue weighted by Crippen LogP contribution is 2.35. The van der Waals surface area contributed by atoms with Crippen molar-refractivity contribution in [1.82, 2.24) is 4.90 Å². The van der Waals surface area contributed by atoms with Crippen LogP contribution in [0.1, 0.15) is 25.0 Å². The molecule has 0 atom stereocenters. The summed E-state index contributed by atoms with van der Waals surface area (Å²) in [5.74, 6) is 0.0668. The predicted octanol–water partition coefficient (Wildman–Crippen LogP) is 4.68. The molecule has 1 aliphatic rings. The van der Waals surface area contributed by atoms with Gasteiger partial charge in [-0.25, -0.2) is 0 Å². The molecule has 1 saturated heterocycles. The summed E-state index contributed by atoms with van der Waals surface area (Å²) in [5, 5.41) is 10.4. The number of carbonyl (C=O) groups excluding carboxylic acids is 1. The summed E-state index contributed by atoms with van der Waals surface area (Å²) in [6.07, 6.45) is 2.48. The van der Waals surface area contributed by atoms with Crippen LogP contribution < -0.4 is 4.90 Å². The largest absolute Gasteiger partial charge is 0.507 e. The van der Waals surface area contributed by atoms with Crippen LogP contribution in [0.5, 0.6) is 5.75 Å². The van der Waals surface area contributed by atoms with E-state index in [0.717, 1.165) is 25.2 Å². The maximum absolute atomic E-state index is 12.8. The number of aromatic hydroxyl groups is 1. The number of thioether (sulfide) groups is 1. The van der Waals surface area contributed by atoms with Gasteiger partial charge in [0.15, 0.2) is 0 Å². The Labute approximate surface area is 175 Å². The SMILES string of the molecule is CCN(CC)c1ccc(/C=C2\SC(=S)N(CCc3ccccc3)C2=O)c(O)c1. The quantitative estimate of drug-likeness (QED) is 0.528. The van der Waals surface area contributed by atoms with E-state index in [4.69, 9.17) is 12.2 Å². The van der Waals surface area contributed by atoms with E-state index in [9.17, 15) is 9.90 Å². The Balaban J connectivity index is 1.74. The van der Waals surface area contributed by atoms with E-state index in [2.05, 4.69) is 18.7 Å². The molecule has 0 unspecified atom stereocenters. The van der Waals surface area contributed by atoms with E-state index in [1.165, 1.54) is 17.3 Å². The van der Waals surface area contributed by atoms with Crippen molar-refractivity contribution in [3.05, 3.63) is 64.6 Å². The van der Waals surface area contributed by atoms with E-state index >= 15 is 0 Å². The van der Waals surface area contributed by atoms with Crippen LogP contribution in [0.2, 0.25) is 0 Å². The van der Waals surface area contributed by atoms with Gasteiger partial charge in [0.25, 0.3) is 5.91 Å². The van der Waals surface area contributed by atoms with Gasteiger partial charge in [0, 0.05) is 37.0 Å². The van der Waals surface area contributed by atoms with Crippen molar-refractivity contribution in [2.45, 2.75) is 20.3 Å². The Morgan fingerprint density at radius 1 is 1.14 bits per heavy atom. The minimum Gasteiger partial charge on any atom is -0.507 e. The van der Waals surface area contributed by atoms with Gasteiger partial charge in [0.05, 0.1) is 4.91 Å². The molecular formula is C22H24N2O2S2. The fourth-order valence-corrected chi connectivity index (χ4v) is 4.46. The normalized spacial score (nSPS) is 15.5. The van der Waals surface area contributed by atoms with Gasteiger partial charge in [-0.3, -0.25) is 9.69 Å². The van der Waals surface area contributed by atoms with Crippen LogP contribution in [0.4, 0.5) is 5.69 Å². The molecule has 6 heteroatoms. The molecule has 0 saturated carbocycles. The van der Waals surface area contributed by atoms with Crippen molar-refractivity contribution in [2.75, 3.05) is 24.5 Å². The number of thiocarbonyl (C=S) groups is 1. The maximum Gasteiger partial charge on any atom is 0.266 e. The summed E-state index contributed by atoms with van der Waals surface area (Å²) < 4.78 is 0.562. The molecule has 0 spiro atoms. The monoisotopic (exact) mass is 412 g/mol. The fourth-order valence-electron chi connectivity index (χ4n) is 3.16. The first-order valence-electron chi connectivity index (χ1n) is 9.40. The van der Waals surface area contributed by atoms with Gasteiger partial charge in [0.2, 0.25) is 0 Å². The van der Waals surface area contributed by atoms with Crippen LogP contribution >= 0.6 is 24.0 Å². The number of phenols is 1. The third-order valence-corrected chi connectivity index (χ3v) is 6.15. The van der Waals surface area contributed by atoms with Crippen LogP contribution in [0.25, 0.3) is 6.08 Å². The molecule has 2 aromatic carbocycles. The molecule has 28 heavy (non-hydrogen) atoms. The van der Waals surface area contributed by atoms with Crippen molar-refractivity contribution < 1.29 is 9.90 Å². The summed E-state index contributed by atoms with van der Waals surface area (Å²) in [4.78, 5) is 17.1. The second-order valence-electron chi connectivity index (χ2n) is 6.48. The lowest BCUT2D eigenvalue weighted by atomic mass is 10.1. The minimum atomic E-state index is -0.0989. The van der Waals surface area contributed by atoms with Crippen LogP contribution in [-0.2, 0) is 11.2 Å². The van der Waals surface area contributed by atoms with Crippen molar-refractivity contribution >= 4 is 46.0 Å². The van der Waals surface area contributed by atoms with Crippen LogP contribution in [0.15, 0.2) is 53.4 Å². The van der Waals surface area contributed by atoms with Gasteiger partial charge in [0.1, 0.15) is 10.1 Å². The number of carbonyl (C=O) groups is 1. The third kappa shape index (κ3) is 4.56. The zero-order valence-electron chi connectivity index (χ0n) is 16.1.